The number of nitrogens with zero attached hydrogens (tertiary/aromatic N) is 2. The smallest absolute Gasteiger partial charge is 0.351 e. The van der Waals surface area contributed by atoms with E-state index >= 15 is 0 Å². The normalized spacial score (nSPS) is 26.2. The minimum Gasteiger partial charge on any atom is -0.405 e. The largest absolute Gasteiger partial charge is 0.405 e. The Labute approximate surface area is 115 Å². The van der Waals surface area contributed by atoms with Crippen molar-refractivity contribution < 1.29 is 14.9 Å². The van der Waals surface area contributed by atoms with E-state index < -0.39 is 24.1 Å². The number of nitrogens with one attached hydrogen (secondary N) is 1. The average Bonchev–Trinajstić information content (AvgIpc) is 2.80. The molecule has 1 aliphatic rings. The summed E-state index contributed by atoms with van der Waals surface area (Å²) in [6, 6.07) is 1.63. The number of anilines is 1. The van der Waals surface area contributed by atoms with Crippen LogP contribution in [0.3, 0.4) is 0 Å². The van der Waals surface area contributed by atoms with Crippen molar-refractivity contribution in [3.63, 3.8) is 0 Å². The number of aromatic nitrogens is 2. The number of aliphatic hydroxyl groups excluding tert-OH is 2. The molecule has 0 spiro atoms. The highest BCUT2D eigenvalue weighted by molar-refractivity contribution is 5.32. The van der Waals surface area contributed by atoms with Crippen molar-refractivity contribution >= 4 is 5.82 Å². The first-order valence-corrected chi connectivity index (χ1v) is 6.30. The molecule has 0 unspecified atom stereocenters. The van der Waals surface area contributed by atoms with Crippen LogP contribution in [0.1, 0.15) is 12.6 Å². The highest BCUT2D eigenvalue weighted by Gasteiger charge is 2.34. The van der Waals surface area contributed by atoms with E-state index in [9.17, 15) is 9.90 Å². The van der Waals surface area contributed by atoms with Gasteiger partial charge < -0.3 is 26.0 Å². The summed E-state index contributed by atoms with van der Waals surface area (Å²) in [5, 5.41) is 21.6. The zero-order valence-electron chi connectivity index (χ0n) is 10.8. The Morgan fingerprint density at radius 2 is 2.45 bits per heavy atom. The molecule has 0 amide bonds. The van der Waals surface area contributed by atoms with Gasteiger partial charge in [0.1, 0.15) is 18.1 Å². The van der Waals surface area contributed by atoms with E-state index in [1.807, 2.05) is 0 Å². The SMILES string of the molecule is NC=CCNc1ccn([C@H]2C[C@H](O)[C@@H](CO)O2)c(=O)n1. The maximum atomic E-state index is 11.9. The molecule has 0 saturated carbocycles. The summed E-state index contributed by atoms with van der Waals surface area (Å²) in [6.07, 6.45) is 2.81. The summed E-state index contributed by atoms with van der Waals surface area (Å²) in [5.41, 5.74) is 4.72. The molecule has 0 bridgehead atoms. The van der Waals surface area contributed by atoms with E-state index in [2.05, 4.69) is 10.3 Å². The van der Waals surface area contributed by atoms with Gasteiger partial charge in [-0.05, 0) is 18.3 Å². The second-order valence-corrected chi connectivity index (χ2v) is 4.43. The van der Waals surface area contributed by atoms with Crippen molar-refractivity contribution in [2.24, 2.45) is 5.73 Å². The summed E-state index contributed by atoms with van der Waals surface area (Å²) in [7, 11) is 0. The van der Waals surface area contributed by atoms with E-state index in [1.54, 1.807) is 18.3 Å². The molecule has 1 fully saturated rings. The molecule has 0 aliphatic carbocycles. The summed E-state index contributed by atoms with van der Waals surface area (Å²) < 4.78 is 6.70. The fourth-order valence-electron chi connectivity index (χ4n) is 2.01. The van der Waals surface area contributed by atoms with Crippen LogP contribution in [0.4, 0.5) is 5.82 Å². The Hall–Kier alpha value is -1.90. The van der Waals surface area contributed by atoms with Crippen LogP contribution in [0.2, 0.25) is 0 Å². The van der Waals surface area contributed by atoms with Crippen molar-refractivity contribution in [2.75, 3.05) is 18.5 Å². The third kappa shape index (κ3) is 3.16. The molecule has 1 saturated heterocycles. The third-order valence-corrected chi connectivity index (χ3v) is 3.06. The fourth-order valence-corrected chi connectivity index (χ4v) is 2.01. The highest BCUT2D eigenvalue weighted by Crippen LogP contribution is 2.27. The number of hydrogen-bond donors (Lipinski definition) is 4. The van der Waals surface area contributed by atoms with E-state index in [0.29, 0.717) is 12.4 Å². The molecule has 1 aliphatic heterocycles. The zero-order chi connectivity index (χ0) is 14.5. The Kier molecular flexibility index (Phi) is 4.72. The predicted molar refractivity (Wildman–Crippen MR) is 71.9 cm³/mol. The number of rotatable bonds is 5. The van der Waals surface area contributed by atoms with Crippen LogP contribution in [0, 0.1) is 0 Å². The van der Waals surface area contributed by atoms with Crippen LogP contribution >= 0.6 is 0 Å². The first-order chi connectivity index (χ1) is 9.65. The van der Waals surface area contributed by atoms with Crippen molar-refractivity contribution in [3.8, 4) is 0 Å². The van der Waals surface area contributed by atoms with Crippen LogP contribution < -0.4 is 16.7 Å². The second kappa shape index (κ2) is 6.51. The van der Waals surface area contributed by atoms with Crippen LogP contribution in [-0.4, -0.2) is 45.1 Å². The molecule has 2 heterocycles. The molecule has 3 atom stereocenters. The van der Waals surface area contributed by atoms with Crippen LogP contribution in [-0.2, 0) is 4.74 Å². The molecule has 1 aromatic heterocycles. The molecule has 20 heavy (non-hydrogen) atoms. The summed E-state index contributed by atoms with van der Waals surface area (Å²) in [5.74, 6) is 0.432. The fraction of sp³-hybridized carbons (Fsp3) is 0.500. The van der Waals surface area contributed by atoms with E-state index in [0.717, 1.165) is 0 Å². The second-order valence-electron chi connectivity index (χ2n) is 4.43. The van der Waals surface area contributed by atoms with Gasteiger partial charge in [-0.3, -0.25) is 4.57 Å². The van der Waals surface area contributed by atoms with Crippen LogP contribution in [0.15, 0.2) is 29.3 Å². The van der Waals surface area contributed by atoms with Crippen molar-refractivity contribution in [1.82, 2.24) is 9.55 Å². The van der Waals surface area contributed by atoms with Gasteiger partial charge in [0.05, 0.1) is 12.7 Å². The van der Waals surface area contributed by atoms with Gasteiger partial charge in [0.15, 0.2) is 0 Å². The lowest BCUT2D eigenvalue weighted by molar-refractivity contribution is -0.0458. The molecule has 8 nitrogen and oxygen atoms in total. The van der Waals surface area contributed by atoms with Gasteiger partial charge in [-0.1, -0.05) is 0 Å². The molecule has 8 heteroatoms. The van der Waals surface area contributed by atoms with Gasteiger partial charge in [0.25, 0.3) is 0 Å². The molecular weight excluding hydrogens is 264 g/mol. The van der Waals surface area contributed by atoms with E-state index in [-0.39, 0.29) is 13.0 Å². The van der Waals surface area contributed by atoms with Crippen molar-refractivity contribution in [2.45, 2.75) is 24.9 Å². The summed E-state index contributed by atoms with van der Waals surface area (Å²) in [6.45, 7) is 0.184. The van der Waals surface area contributed by atoms with Gasteiger partial charge in [-0.15, -0.1) is 0 Å². The molecule has 1 aromatic rings. The van der Waals surface area contributed by atoms with Gasteiger partial charge in [-0.2, -0.15) is 4.98 Å². The first-order valence-electron chi connectivity index (χ1n) is 6.30. The zero-order valence-corrected chi connectivity index (χ0v) is 10.8. The molecule has 0 aromatic carbocycles. The Bertz CT molecular complexity index is 530. The Morgan fingerprint density at radius 3 is 3.05 bits per heavy atom. The van der Waals surface area contributed by atoms with Crippen LogP contribution in [0.25, 0.3) is 0 Å². The number of nitrogens with two attached hydrogens (primary N) is 1. The Morgan fingerprint density at radius 1 is 1.65 bits per heavy atom. The minimum absolute atomic E-state index is 0.246. The monoisotopic (exact) mass is 282 g/mol. The predicted octanol–water partition coefficient (Wildman–Crippen LogP) is -1.23. The topological polar surface area (TPSA) is 123 Å². The lowest BCUT2D eigenvalue weighted by Gasteiger charge is -2.14. The van der Waals surface area contributed by atoms with Gasteiger partial charge in [0.2, 0.25) is 0 Å². The molecule has 2 rings (SSSR count). The molecule has 5 N–H and O–H groups in total. The lowest BCUT2D eigenvalue weighted by Crippen LogP contribution is -2.28. The summed E-state index contributed by atoms with van der Waals surface area (Å²) >= 11 is 0. The maximum Gasteiger partial charge on any atom is 0.351 e. The summed E-state index contributed by atoms with van der Waals surface area (Å²) in [4.78, 5) is 15.8. The minimum atomic E-state index is -0.788. The lowest BCUT2D eigenvalue weighted by atomic mass is 10.2. The third-order valence-electron chi connectivity index (χ3n) is 3.06. The van der Waals surface area contributed by atoms with Crippen molar-refractivity contribution in [1.29, 1.82) is 0 Å². The van der Waals surface area contributed by atoms with E-state index in [1.165, 1.54) is 10.8 Å². The average molecular weight is 282 g/mol. The number of ether oxygens (including phenoxy) is 1. The Balaban J connectivity index is 2.08. The van der Waals surface area contributed by atoms with Gasteiger partial charge >= 0.3 is 5.69 Å². The quantitative estimate of drug-likeness (QED) is 0.533. The first kappa shape index (κ1) is 14.5. The van der Waals surface area contributed by atoms with Gasteiger partial charge in [-0.25, -0.2) is 4.79 Å². The van der Waals surface area contributed by atoms with Crippen LogP contribution in [0.5, 0.6) is 0 Å². The molecular formula is C12H18N4O4. The standard InChI is InChI=1S/C12H18N4O4/c13-3-1-4-14-10-2-5-16(12(19)15-10)11-6-8(18)9(7-17)20-11/h1-3,5,8-9,11,17-18H,4,6-7,13H2,(H,14,15,19)/t8-,9+,11+/m0/s1. The molecule has 0 radical (unpaired) electrons. The highest BCUT2D eigenvalue weighted by atomic mass is 16.5. The van der Waals surface area contributed by atoms with Gasteiger partial charge in [0, 0.05) is 19.2 Å². The van der Waals surface area contributed by atoms with Crippen molar-refractivity contribution in [3.05, 3.63) is 35.0 Å². The van der Waals surface area contributed by atoms with E-state index in [4.69, 9.17) is 15.6 Å². The maximum absolute atomic E-state index is 11.9. The number of hydrogen-bond acceptors (Lipinski definition) is 7. The number of aliphatic hydroxyl groups is 2. The molecule has 110 valence electrons.